The molecule has 1 unspecified atom stereocenters. The Kier molecular flexibility index (Phi) is 3.62. The van der Waals surface area contributed by atoms with E-state index in [2.05, 4.69) is 11.8 Å². The maximum atomic E-state index is 11.3. The minimum Gasteiger partial charge on any atom is -0.478 e. The first-order valence-electron chi connectivity index (χ1n) is 5.78. The maximum Gasteiger partial charge on any atom is 0.337 e. The van der Waals surface area contributed by atoms with E-state index in [1.54, 1.807) is 6.07 Å². The summed E-state index contributed by atoms with van der Waals surface area (Å²) in [7, 11) is 0. The van der Waals surface area contributed by atoms with Crippen LogP contribution >= 0.6 is 11.8 Å². The number of carbonyl (C=O) groups is 1. The highest BCUT2D eigenvalue weighted by atomic mass is 32.2. The molecule has 4 heteroatoms. The Morgan fingerprint density at radius 2 is 2.29 bits per heavy atom. The third kappa shape index (κ3) is 2.57. The molecular weight excluding hydrogens is 234 g/mol. The van der Waals surface area contributed by atoms with Crippen LogP contribution in [-0.4, -0.2) is 35.2 Å². The predicted octanol–water partition coefficient (Wildman–Crippen LogP) is 2.63. The van der Waals surface area contributed by atoms with Crippen LogP contribution in [0.3, 0.4) is 0 Å². The summed E-state index contributed by atoms with van der Waals surface area (Å²) in [6, 6.07) is 5.95. The highest BCUT2D eigenvalue weighted by molar-refractivity contribution is 7.99. The number of aryl methyl sites for hydroxylation is 1. The van der Waals surface area contributed by atoms with Gasteiger partial charge in [0.25, 0.3) is 0 Å². The van der Waals surface area contributed by atoms with Gasteiger partial charge in [0.05, 0.1) is 11.3 Å². The summed E-state index contributed by atoms with van der Waals surface area (Å²) in [5, 5.41) is 9.24. The summed E-state index contributed by atoms with van der Waals surface area (Å²) in [6.07, 6.45) is 0. The van der Waals surface area contributed by atoms with Crippen molar-refractivity contribution in [1.82, 2.24) is 0 Å². The second-order valence-corrected chi connectivity index (χ2v) is 5.59. The van der Waals surface area contributed by atoms with Crippen molar-refractivity contribution >= 4 is 23.4 Å². The first-order valence-corrected chi connectivity index (χ1v) is 6.93. The molecule has 1 aromatic rings. The topological polar surface area (TPSA) is 40.5 Å². The molecule has 1 heterocycles. The average molecular weight is 251 g/mol. The lowest BCUT2D eigenvalue weighted by atomic mass is 10.1. The summed E-state index contributed by atoms with van der Waals surface area (Å²) in [5.41, 5.74) is 2.38. The number of carboxylic acids is 1. The molecule has 0 aromatic heterocycles. The van der Waals surface area contributed by atoms with Crippen LogP contribution in [0.4, 0.5) is 5.69 Å². The zero-order valence-electron chi connectivity index (χ0n) is 10.1. The van der Waals surface area contributed by atoms with Crippen molar-refractivity contribution in [3.05, 3.63) is 29.3 Å². The van der Waals surface area contributed by atoms with Gasteiger partial charge in [-0.05, 0) is 31.5 Å². The second-order valence-electron chi connectivity index (χ2n) is 4.44. The molecular formula is C13H17NO2S. The predicted molar refractivity (Wildman–Crippen MR) is 72.3 cm³/mol. The molecule has 1 N–H and O–H groups in total. The van der Waals surface area contributed by atoms with Crippen LogP contribution in [0, 0.1) is 6.92 Å². The van der Waals surface area contributed by atoms with Crippen LogP contribution in [0.5, 0.6) is 0 Å². The number of thioether (sulfide) groups is 1. The molecule has 0 spiro atoms. The first kappa shape index (κ1) is 12.3. The van der Waals surface area contributed by atoms with E-state index in [1.807, 2.05) is 30.8 Å². The lowest BCUT2D eigenvalue weighted by Gasteiger charge is -2.36. The van der Waals surface area contributed by atoms with Crippen LogP contribution < -0.4 is 4.90 Å². The Balaban J connectivity index is 2.41. The van der Waals surface area contributed by atoms with E-state index >= 15 is 0 Å². The van der Waals surface area contributed by atoms with Crippen molar-refractivity contribution < 1.29 is 9.90 Å². The molecule has 1 aliphatic rings. The van der Waals surface area contributed by atoms with E-state index in [0.717, 1.165) is 29.3 Å². The summed E-state index contributed by atoms with van der Waals surface area (Å²) in [5.74, 6) is 1.29. The molecule has 1 aromatic carbocycles. The van der Waals surface area contributed by atoms with Gasteiger partial charge < -0.3 is 10.0 Å². The smallest absolute Gasteiger partial charge is 0.337 e. The molecule has 0 aliphatic carbocycles. The lowest BCUT2D eigenvalue weighted by Crippen LogP contribution is -2.41. The largest absolute Gasteiger partial charge is 0.478 e. The monoisotopic (exact) mass is 251 g/mol. The maximum absolute atomic E-state index is 11.3. The Morgan fingerprint density at radius 3 is 2.94 bits per heavy atom. The molecule has 3 nitrogen and oxygen atoms in total. The van der Waals surface area contributed by atoms with Crippen molar-refractivity contribution in [2.75, 3.05) is 23.0 Å². The molecule has 0 bridgehead atoms. The zero-order valence-corrected chi connectivity index (χ0v) is 11.0. The van der Waals surface area contributed by atoms with Gasteiger partial charge in [-0.3, -0.25) is 0 Å². The number of rotatable bonds is 2. The zero-order chi connectivity index (χ0) is 12.4. The number of carboxylic acid groups (broad SMARTS) is 1. The summed E-state index contributed by atoms with van der Waals surface area (Å²) >= 11 is 1.93. The third-order valence-corrected chi connectivity index (χ3v) is 4.25. The van der Waals surface area contributed by atoms with E-state index < -0.39 is 5.97 Å². The summed E-state index contributed by atoms with van der Waals surface area (Å²) < 4.78 is 0. The Hall–Kier alpha value is -1.16. The van der Waals surface area contributed by atoms with Crippen LogP contribution in [0.25, 0.3) is 0 Å². The van der Waals surface area contributed by atoms with Gasteiger partial charge in [-0.1, -0.05) is 6.07 Å². The first-order chi connectivity index (χ1) is 8.09. The molecule has 0 amide bonds. The summed E-state index contributed by atoms with van der Waals surface area (Å²) in [4.78, 5) is 13.5. The van der Waals surface area contributed by atoms with Gasteiger partial charge >= 0.3 is 5.97 Å². The minimum atomic E-state index is -0.842. The Morgan fingerprint density at radius 1 is 1.53 bits per heavy atom. The molecule has 1 atom stereocenters. The Labute approximate surface area is 106 Å². The quantitative estimate of drug-likeness (QED) is 0.877. The van der Waals surface area contributed by atoms with Gasteiger partial charge in [-0.25, -0.2) is 4.79 Å². The van der Waals surface area contributed by atoms with Gasteiger partial charge in [0.1, 0.15) is 0 Å². The van der Waals surface area contributed by atoms with Gasteiger partial charge in [0.15, 0.2) is 0 Å². The van der Waals surface area contributed by atoms with Gasteiger partial charge in [-0.2, -0.15) is 11.8 Å². The van der Waals surface area contributed by atoms with Crippen molar-refractivity contribution in [3.63, 3.8) is 0 Å². The normalized spacial score (nSPS) is 20.4. The standard InChI is InChI=1S/C13H17NO2S/c1-9-3-4-11(13(15)16)12(7-9)14-5-6-17-8-10(14)2/h3-4,7,10H,5-6,8H2,1-2H3,(H,15,16). The number of hydrogen-bond donors (Lipinski definition) is 1. The molecule has 92 valence electrons. The van der Waals surface area contributed by atoms with Gasteiger partial charge in [0, 0.05) is 24.1 Å². The van der Waals surface area contributed by atoms with E-state index in [0.29, 0.717) is 11.6 Å². The van der Waals surface area contributed by atoms with E-state index in [-0.39, 0.29) is 0 Å². The SMILES string of the molecule is Cc1ccc(C(=O)O)c(N2CCSCC2C)c1. The third-order valence-electron chi connectivity index (χ3n) is 3.06. The lowest BCUT2D eigenvalue weighted by molar-refractivity contribution is 0.0697. The fourth-order valence-electron chi connectivity index (χ4n) is 2.15. The van der Waals surface area contributed by atoms with Gasteiger partial charge in [0.2, 0.25) is 0 Å². The van der Waals surface area contributed by atoms with Crippen molar-refractivity contribution in [3.8, 4) is 0 Å². The molecule has 2 rings (SSSR count). The number of hydrogen-bond acceptors (Lipinski definition) is 3. The highest BCUT2D eigenvalue weighted by Gasteiger charge is 2.23. The molecule has 1 saturated heterocycles. The molecule has 1 fully saturated rings. The van der Waals surface area contributed by atoms with Crippen LogP contribution in [0.15, 0.2) is 18.2 Å². The van der Waals surface area contributed by atoms with Crippen LogP contribution in [-0.2, 0) is 0 Å². The molecule has 1 aliphatic heterocycles. The van der Waals surface area contributed by atoms with E-state index in [1.165, 1.54) is 0 Å². The van der Waals surface area contributed by atoms with E-state index in [9.17, 15) is 9.90 Å². The molecule has 0 radical (unpaired) electrons. The number of aromatic carboxylic acids is 1. The minimum absolute atomic E-state index is 0.397. The van der Waals surface area contributed by atoms with Crippen molar-refractivity contribution in [2.45, 2.75) is 19.9 Å². The van der Waals surface area contributed by atoms with Crippen LogP contribution in [0.1, 0.15) is 22.8 Å². The fourth-order valence-corrected chi connectivity index (χ4v) is 3.16. The summed E-state index contributed by atoms with van der Waals surface area (Å²) in [6.45, 7) is 5.08. The molecule has 0 saturated carbocycles. The fraction of sp³-hybridized carbons (Fsp3) is 0.462. The highest BCUT2D eigenvalue weighted by Crippen LogP contribution is 2.28. The van der Waals surface area contributed by atoms with E-state index in [4.69, 9.17) is 0 Å². The van der Waals surface area contributed by atoms with Gasteiger partial charge in [-0.15, -0.1) is 0 Å². The van der Waals surface area contributed by atoms with Crippen molar-refractivity contribution in [1.29, 1.82) is 0 Å². The van der Waals surface area contributed by atoms with Crippen LogP contribution in [0.2, 0.25) is 0 Å². The molecule has 17 heavy (non-hydrogen) atoms. The number of benzene rings is 1. The number of nitrogens with zero attached hydrogens (tertiary/aromatic N) is 1. The van der Waals surface area contributed by atoms with Crippen molar-refractivity contribution in [2.24, 2.45) is 0 Å². The second kappa shape index (κ2) is 5.00. The Bertz CT molecular complexity index is 433. The average Bonchev–Trinajstić information content (AvgIpc) is 2.29. The number of anilines is 1.